The van der Waals surface area contributed by atoms with E-state index < -0.39 is 6.09 Å². The highest BCUT2D eigenvalue weighted by Crippen LogP contribution is 2.40. The van der Waals surface area contributed by atoms with Crippen molar-refractivity contribution in [2.45, 2.75) is 18.4 Å². The van der Waals surface area contributed by atoms with Gasteiger partial charge in [-0.05, 0) is 24.1 Å². The molecule has 1 fully saturated rings. The van der Waals surface area contributed by atoms with Gasteiger partial charge in [-0.25, -0.2) is 4.79 Å². The lowest BCUT2D eigenvalue weighted by atomic mass is 10.1. The molecule has 1 heterocycles. The number of nitrogens with one attached hydrogen (secondary N) is 2. The minimum Gasteiger partial charge on any atom is -0.465 e. The van der Waals surface area contributed by atoms with Crippen LogP contribution in [-0.2, 0) is 7.05 Å². The summed E-state index contributed by atoms with van der Waals surface area (Å²) >= 11 is 0. The van der Waals surface area contributed by atoms with Gasteiger partial charge in [0.1, 0.15) is 0 Å². The van der Waals surface area contributed by atoms with Crippen molar-refractivity contribution >= 4 is 17.7 Å². The summed E-state index contributed by atoms with van der Waals surface area (Å²) in [5, 5.41) is 17.9. The molecule has 0 aliphatic heterocycles. The van der Waals surface area contributed by atoms with Gasteiger partial charge in [0.05, 0.1) is 11.9 Å². The van der Waals surface area contributed by atoms with E-state index in [4.69, 9.17) is 5.11 Å². The molecule has 1 aliphatic carbocycles. The van der Waals surface area contributed by atoms with Gasteiger partial charge in [0.2, 0.25) is 0 Å². The predicted molar refractivity (Wildman–Crippen MR) is 79.9 cm³/mol. The summed E-state index contributed by atoms with van der Waals surface area (Å²) in [5.41, 5.74) is 2.15. The topological polar surface area (TPSA) is 96.2 Å². The van der Waals surface area contributed by atoms with Crippen molar-refractivity contribution in [3.63, 3.8) is 0 Å². The lowest BCUT2D eigenvalue weighted by molar-refractivity contribution is 0.102. The van der Waals surface area contributed by atoms with Gasteiger partial charge in [-0.2, -0.15) is 5.10 Å². The lowest BCUT2D eigenvalue weighted by Gasteiger charge is -2.05. The van der Waals surface area contributed by atoms with Crippen LogP contribution in [0.2, 0.25) is 0 Å². The van der Waals surface area contributed by atoms with E-state index >= 15 is 0 Å². The maximum atomic E-state index is 12.2. The van der Waals surface area contributed by atoms with Gasteiger partial charge < -0.3 is 15.7 Å². The highest BCUT2D eigenvalue weighted by atomic mass is 16.4. The fraction of sp³-hybridized carbons (Fsp3) is 0.267. The third-order valence-electron chi connectivity index (χ3n) is 3.64. The van der Waals surface area contributed by atoms with Crippen LogP contribution in [0, 0.1) is 0 Å². The molecule has 2 atom stereocenters. The Balaban J connectivity index is 1.69. The monoisotopic (exact) mass is 300 g/mol. The van der Waals surface area contributed by atoms with Crippen molar-refractivity contribution in [2.75, 3.05) is 5.32 Å². The number of aryl methyl sites for hydroxylation is 1. The number of carbonyl (C=O) groups excluding carboxylic acids is 1. The molecule has 0 spiro atoms. The molecule has 1 aromatic heterocycles. The molecule has 1 aliphatic rings. The van der Waals surface area contributed by atoms with Crippen LogP contribution in [0.5, 0.6) is 0 Å². The smallest absolute Gasteiger partial charge is 0.404 e. The number of anilines is 1. The number of hydrogen-bond donors (Lipinski definition) is 3. The van der Waals surface area contributed by atoms with E-state index in [0.717, 1.165) is 12.0 Å². The summed E-state index contributed by atoms with van der Waals surface area (Å²) < 4.78 is 1.61. The predicted octanol–water partition coefficient (Wildman–Crippen LogP) is 1.80. The molecular weight excluding hydrogens is 284 g/mol. The molecule has 0 bridgehead atoms. The number of benzene rings is 1. The van der Waals surface area contributed by atoms with Crippen LogP contribution in [0.15, 0.2) is 36.7 Å². The molecule has 3 N–H and O–H groups in total. The molecule has 2 aromatic rings. The second-order valence-electron chi connectivity index (χ2n) is 5.38. The second kappa shape index (κ2) is 5.51. The quantitative estimate of drug-likeness (QED) is 0.802. The van der Waals surface area contributed by atoms with E-state index in [0.29, 0.717) is 11.3 Å². The van der Waals surface area contributed by atoms with Crippen molar-refractivity contribution in [1.29, 1.82) is 0 Å². The fourth-order valence-electron chi connectivity index (χ4n) is 2.48. The molecule has 1 saturated carbocycles. The highest BCUT2D eigenvalue weighted by Gasteiger charge is 2.39. The Hall–Kier alpha value is -2.83. The van der Waals surface area contributed by atoms with E-state index in [-0.39, 0.29) is 17.9 Å². The van der Waals surface area contributed by atoms with Gasteiger partial charge >= 0.3 is 6.09 Å². The summed E-state index contributed by atoms with van der Waals surface area (Å²) in [4.78, 5) is 22.8. The molecule has 7 nitrogen and oxygen atoms in total. The first-order valence-corrected chi connectivity index (χ1v) is 6.92. The van der Waals surface area contributed by atoms with Crippen LogP contribution < -0.4 is 10.6 Å². The average Bonchev–Trinajstić information content (AvgIpc) is 3.11. The maximum Gasteiger partial charge on any atom is 0.404 e. The van der Waals surface area contributed by atoms with Gasteiger partial charge in [-0.15, -0.1) is 0 Å². The molecule has 1 aromatic carbocycles. The van der Waals surface area contributed by atoms with E-state index in [1.165, 1.54) is 0 Å². The summed E-state index contributed by atoms with van der Waals surface area (Å²) in [6.07, 6.45) is 3.04. The minimum atomic E-state index is -1.02. The Labute approximate surface area is 126 Å². The van der Waals surface area contributed by atoms with Gasteiger partial charge in [0, 0.05) is 30.8 Å². The Morgan fingerprint density at radius 3 is 2.91 bits per heavy atom. The third-order valence-corrected chi connectivity index (χ3v) is 3.64. The molecule has 2 amide bonds. The van der Waals surface area contributed by atoms with Crippen molar-refractivity contribution in [3.8, 4) is 0 Å². The van der Waals surface area contributed by atoms with Gasteiger partial charge in [0.25, 0.3) is 5.91 Å². The second-order valence-corrected chi connectivity index (χ2v) is 5.38. The zero-order valence-corrected chi connectivity index (χ0v) is 12.0. The Bertz CT molecular complexity index is 725. The van der Waals surface area contributed by atoms with E-state index in [1.807, 2.05) is 12.1 Å². The van der Waals surface area contributed by atoms with Crippen LogP contribution in [0.1, 0.15) is 28.3 Å². The van der Waals surface area contributed by atoms with Crippen LogP contribution in [0.3, 0.4) is 0 Å². The molecule has 114 valence electrons. The maximum absolute atomic E-state index is 12.2. The standard InChI is InChI=1S/C15H16N4O3/c1-19-8-11(7-16-19)17-14(20)10-4-2-3-9(5-10)12-6-13(12)18-15(21)22/h2-5,7-8,12-13,18H,6H2,1H3,(H,17,20)(H,21,22)/t12-,13+/m0/s1. The number of carboxylic acid groups (broad SMARTS) is 1. The summed E-state index contributed by atoms with van der Waals surface area (Å²) in [6, 6.07) is 7.20. The van der Waals surface area contributed by atoms with E-state index in [1.54, 1.807) is 36.3 Å². The number of carbonyl (C=O) groups is 2. The SMILES string of the molecule is Cn1cc(NC(=O)c2cccc([C@@H]3C[C@H]3NC(=O)O)c2)cn1. The van der Waals surface area contributed by atoms with Crippen molar-refractivity contribution in [3.05, 3.63) is 47.8 Å². The van der Waals surface area contributed by atoms with E-state index in [2.05, 4.69) is 15.7 Å². The van der Waals surface area contributed by atoms with Gasteiger partial charge in [0.15, 0.2) is 0 Å². The first-order valence-electron chi connectivity index (χ1n) is 6.92. The minimum absolute atomic E-state index is 0.0610. The van der Waals surface area contributed by atoms with Crippen LogP contribution >= 0.6 is 0 Å². The number of hydrogen-bond acceptors (Lipinski definition) is 3. The molecule has 3 rings (SSSR count). The summed E-state index contributed by atoms with van der Waals surface area (Å²) in [5.74, 6) is -0.0690. The molecule has 0 radical (unpaired) electrons. The number of rotatable bonds is 4. The first kappa shape index (κ1) is 14.1. The molecule has 0 unspecified atom stereocenters. The Kier molecular flexibility index (Phi) is 3.54. The van der Waals surface area contributed by atoms with Gasteiger partial charge in [-0.1, -0.05) is 12.1 Å². The molecular formula is C15H16N4O3. The molecule has 7 heteroatoms. The zero-order valence-electron chi connectivity index (χ0n) is 12.0. The summed E-state index contributed by atoms with van der Waals surface area (Å²) in [6.45, 7) is 0. The zero-order chi connectivity index (χ0) is 15.7. The molecule has 0 saturated heterocycles. The van der Waals surface area contributed by atoms with Crippen LogP contribution in [0.4, 0.5) is 10.5 Å². The van der Waals surface area contributed by atoms with Crippen LogP contribution in [-0.4, -0.2) is 32.9 Å². The van der Waals surface area contributed by atoms with E-state index in [9.17, 15) is 9.59 Å². The largest absolute Gasteiger partial charge is 0.465 e. The molecule has 22 heavy (non-hydrogen) atoms. The van der Waals surface area contributed by atoms with Crippen LogP contribution in [0.25, 0.3) is 0 Å². The Morgan fingerprint density at radius 1 is 1.41 bits per heavy atom. The van der Waals surface area contributed by atoms with Gasteiger partial charge in [-0.3, -0.25) is 9.48 Å². The van der Waals surface area contributed by atoms with Crippen molar-refractivity contribution in [1.82, 2.24) is 15.1 Å². The first-order chi connectivity index (χ1) is 10.5. The number of amides is 2. The van der Waals surface area contributed by atoms with Crippen molar-refractivity contribution < 1.29 is 14.7 Å². The summed E-state index contributed by atoms with van der Waals surface area (Å²) in [7, 11) is 1.78. The average molecular weight is 300 g/mol. The fourth-order valence-corrected chi connectivity index (χ4v) is 2.48. The third kappa shape index (κ3) is 3.08. The highest BCUT2D eigenvalue weighted by molar-refractivity contribution is 6.04. The van der Waals surface area contributed by atoms with Crippen molar-refractivity contribution in [2.24, 2.45) is 7.05 Å². The normalized spacial score (nSPS) is 19.5. The lowest BCUT2D eigenvalue weighted by Crippen LogP contribution is -2.24. The number of nitrogens with zero attached hydrogens (tertiary/aromatic N) is 2. The Morgan fingerprint density at radius 2 is 2.23 bits per heavy atom. The number of aromatic nitrogens is 2.